The smallest absolute Gasteiger partial charge is 0.248 e. The summed E-state index contributed by atoms with van der Waals surface area (Å²) in [5, 5.41) is 27.7. The van der Waals surface area contributed by atoms with Crippen molar-refractivity contribution in [3.63, 3.8) is 0 Å². The van der Waals surface area contributed by atoms with Crippen LogP contribution in [0.15, 0.2) is 24.4 Å². The van der Waals surface area contributed by atoms with Crippen molar-refractivity contribution in [2.45, 2.75) is 122 Å². The first-order valence-electron chi connectivity index (χ1n) is 19.2. The molecule has 2 aromatic rings. The van der Waals surface area contributed by atoms with Crippen LogP contribution in [0.25, 0.3) is 10.9 Å². The van der Waals surface area contributed by atoms with Crippen molar-refractivity contribution >= 4 is 63.9 Å². The fourth-order valence-electron chi connectivity index (χ4n) is 6.38. The van der Waals surface area contributed by atoms with Gasteiger partial charge in [-0.05, 0) is 67.3 Å². The first-order valence-corrected chi connectivity index (χ1v) is 19.5. The van der Waals surface area contributed by atoms with Gasteiger partial charge in [-0.25, -0.2) is 0 Å². The molecule has 7 amide bonds. The van der Waals surface area contributed by atoms with Gasteiger partial charge in [-0.3, -0.25) is 33.6 Å². The summed E-state index contributed by atoms with van der Waals surface area (Å²) in [7, 11) is 0. The van der Waals surface area contributed by atoms with Crippen molar-refractivity contribution in [1.82, 2.24) is 36.9 Å². The Balaban J connectivity index is 2.19. The van der Waals surface area contributed by atoms with Gasteiger partial charge in [0.2, 0.25) is 41.4 Å². The van der Waals surface area contributed by atoms with Gasteiger partial charge in [-0.15, -0.1) is 0 Å². The highest BCUT2D eigenvalue weighted by Crippen LogP contribution is 2.24. The normalized spacial score (nSPS) is 25.1. The summed E-state index contributed by atoms with van der Waals surface area (Å²) in [4.78, 5) is 99.4. The molecule has 0 aliphatic carbocycles. The van der Waals surface area contributed by atoms with Crippen LogP contribution in [0, 0.1) is 17.8 Å². The summed E-state index contributed by atoms with van der Waals surface area (Å²) in [6.45, 7) is 10.9. The lowest BCUT2D eigenvalue weighted by molar-refractivity contribution is -0.141. The van der Waals surface area contributed by atoms with Crippen LogP contribution < -0.4 is 43.4 Å². The second-order valence-corrected chi connectivity index (χ2v) is 15.4. The van der Waals surface area contributed by atoms with Gasteiger partial charge in [-0.2, -0.15) is 0 Å². The highest BCUT2D eigenvalue weighted by atomic mass is 35.5. The standard InChI is InChI=1S/C38H58ClN9O8/c1-7-19(5)14-26-34(52)47-29(20(6)8-2)37(55)43-25(10-9-13-40)33(51)48-30(31(49)32(41)50)38(56)45-27(35(53)46-28(18(3)4)36(54)44-26)15-21-17-42-24-12-11-22(39)16-23(21)24/h11-12,16-20,25-31,42,49H,7-10,13-15,40H2,1-6H3,(H2,41,50)(H,43,55)(H,44,54)(H,45,56)(H,46,53)(H,47,52)(H,48,51)/t19?,20-,25+,26-,27+,28-,29+,30-,31+/m1/s1. The predicted molar refractivity (Wildman–Crippen MR) is 210 cm³/mol. The maximum absolute atomic E-state index is 14.2. The summed E-state index contributed by atoms with van der Waals surface area (Å²) in [5.74, 6) is -7.31. The van der Waals surface area contributed by atoms with Crippen molar-refractivity contribution < 1.29 is 38.7 Å². The third kappa shape index (κ3) is 12.1. The predicted octanol–water partition coefficient (Wildman–Crippen LogP) is 0.00960. The molecule has 0 saturated carbocycles. The van der Waals surface area contributed by atoms with E-state index >= 15 is 0 Å². The number of amides is 7. The Kier molecular flexibility index (Phi) is 17.1. The minimum absolute atomic E-state index is 0.0201. The molecule has 1 fully saturated rings. The Morgan fingerprint density at radius 3 is 1.93 bits per heavy atom. The summed E-state index contributed by atoms with van der Waals surface area (Å²) >= 11 is 6.27. The lowest BCUT2D eigenvalue weighted by Crippen LogP contribution is -2.65. The third-order valence-corrected chi connectivity index (χ3v) is 10.5. The second kappa shape index (κ2) is 21.0. The highest BCUT2D eigenvalue weighted by Gasteiger charge is 2.39. The van der Waals surface area contributed by atoms with Crippen LogP contribution in [0.2, 0.25) is 5.02 Å². The number of aromatic nitrogens is 1. The molecule has 310 valence electrons. The molecule has 1 saturated heterocycles. The number of fused-ring (bicyclic) bond motifs is 1. The van der Waals surface area contributed by atoms with Crippen molar-refractivity contribution in [1.29, 1.82) is 0 Å². The molecule has 18 heteroatoms. The van der Waals surface area contributed by atoms with Gasteiger partial charge in [0.25, 0.3) is 0 Å². The first-order chi connectivity index (χ1) is 26.4. The molecule has 12 N–H and O–H groups in total. The number of aromatic amines is 1. The van der Waals surface area contributed by atoms with E-state index in [1.807, 2.05) is 20.8 Å². The number of carbonyl (C=O) groups is 7. The average Bonchev–Trinajstić information content (AvgIpc) is 3.55. The zero-order chi connectivity index (χ0) is 41.9. The van der Waals surface area contributed by atoms with Crippen LogP contribution in [0.5, 0.6) is 0 Å². The largest absolute Gasteiger partial charge is 0.381 e. The van der Waals surface area contributed by atoms with E-state index in [1.165, 1.54) is 0 Å². The maximum Gasteiger partial charge on any atom is 0.248 e. The van der Waals surface area contributed by atoms with Crippen LogP contribution >= 0.6 is 11.6 Å². The van der Waals surface area contributed by atoms with E-state index in [-0.39, 0.29) is 38.1 Å². The van der Waals surface area contributed by atoms with Crippen molar-refractivity contribution in [2.75, 3.05) is 6.54 Å². The number of aliphatic hydroxyl groups excluding tert-OH is 1. The average molecular weight is 804 g/mol. The SMILES string of the molecule is CCC(C)C[C@H]1NC(=O)[C@@H](C(C)C)NC(=O)[C@H](Cc2c[nH]c3ccc(Cl)cc23)NC(=O)[C@@H]([C@H](O)C(N)=O)NC(=O)[C@H](CCCN)NC(=O)[C@H]([C@H](C)CC)NC1=O. The van der Waals surface area contributed by atoms with E-state index in [9.17, 15) is 38.7 Å². The van der Waals surface area contributed by atoms with Crippen LogP contribution in [-0.4, -0.2) is 100 Å². The molecule has 1 unspecified atom stereocenters. The second-order valence-electron chi connectivity index (χ2n) is 15.0. The zero-order valence-corrected chi connectivity index (χ0v) is 33.6. The van der Waals surface area contributed by atoms with E-state index in [0.717, 1.165) is 0 Å². The number of benzene rings is 1. The van der Waals surface area contributed by atoms with Gasteiger partial charge in [-0.1, -0.05) is 66.0 Å². The summed E-state index contributed by atoms with van der Waals surface area (Å²) < 4.78 is 0. The van der Waals surface area contributed by atoms with Crippen LogP contribution in [0.3, 0.4) is 0 Å². The number of halogens is 1. The molecular weight excluding hydrogens is 746 g/mol. The molecule has 3 rings (SSSR count). The highest BCUT2D eigenvalue weighted by molar-refractivity contribution is 6.31. The van der Waals surface area contributed by atoms with Gasteiger partial charge in [0.05, 0.1) is 0 Å². The maximum atomic E-state index is 14.2. The number of aliphatic hydroxyl groups is 1. The summed E-state index contributed by atoms with van der Waals surface area (Å²) in [6.07, 6.45) is 0.738. The Hall–Kier alpha value is -4.74. The Bertz CT molecular complexity index is 1740. The number of hydrogen-bond donors (Lipinski definition) is 10. The summed E-state index contributed by atoms with van der Waals surface area (Å²) in [5.41, 5.74) is 12.3. The Labute approximate surface area is 331 Å². The molecule has 1 aromatic heterocycles. The first kappa shape index (κ1) is 45.6. The quantitative estimate of drug-likeness (QED) is 0.130. The zero-order valence-electron chi connectivity index (χ0n) is 32.9. The minimum Gasteiger partial charge on any atom is -0.381 e. The lowest BCUT2D eigenvalue weighted by Gasteiger charge is -2.32. The van der Waals surface area contributed by atoms with E-state index in [2.05, 4.69) is 36.9 Å². The third-order valence-electron chi connectivity index (χ3n) is 10.3. The fraction of sp³-hybridized carbons (Fsp3) is 0.605. The number of nitrogens with one attached hydrogen (secondary N) is 7. The molecule has 0 radical (unpaired) electrons. The van der Waals surface area contributed by atoms with Gasteiger partial charge >= 0.3 is 0 Å². The van der Waals surface area contributed by atoms with Crippen molar-refractivity contribution in [3.8, 4) is 0 Å². The molecule has 1 aromatic carbocycles. The molecule has 0 spiro atoms. The molecule has 0 bridgehead atoms. The topological polar surface area (TPSA) is 280 Å². The van der Waals surface area contributed by atoms with Gasteiger partial charge < -0.3 is 53.5 Å². The fourth-order valence-corrected chi connectivity index (χ4v) is 6.55. The molecule has 9 atom stereocenters. The number of primary amides is 1. The van der Waals surface area contributed by atoms with Gasteiger partial charge in [0, 0.05) is 28.5 Å². The number of carbonyl (C=O) groups excluding carboxylic acids is 7. The van der Waals surface area contributed by atoms with E-state index in [1.54, 1.807) is 45.2 Å². The number of H-pyrrole nitrogens is 1. The van der Waals surface area contributed by atoms with Crippen molar-refractivity contribution in [3.05, 3.63) is 35.0 Å². The van der Waals surface area contributed by atoms with E-state index in [0.29, 0.717) is 34.3 Å². The number of rotatable bonds is 13. The molecule has 1 aliphatic rings. The number of nitrogens with two attached hydrogens (primary N) is 2. The van der Waals surface area contributed by atoms with Crippen molar-refractivity contribution in [2.24, 2.45) is 29.2 Å². The summed E-state index contributed by atoms with van der Waals surface area (Å²) in [6, 6.07) is -3.25. The molecular formula is C38H58ClN9O8. The monoisotopic (exact) mass is 803 g/mol. The minimum atomic E-state index is -2.27. The van der Waals surface area contributed by atoms with E-state index in [4.69, 9.17) is 23.1 Å². The van der Waals surface area contributed by atoms with Crippen LogP contribution in [0.4, 0.5) is 0 Å². The van der Waals surface area contributed by atoms with Crippen LogP contribution in [0.1, 0.15) is 79.2 Å². The molecule has 1 aliphatic heterocycles. The molecule has 17 nitrogen and oxygen atoms in total. The number of hydrogen-bond acceptors (Lipinski definition) is 9. The lowest BCUT2D eigenvalue weighted by atomic mass is 9.94. The van der Waals surface area contributed by atoms with Gasteiger partial charge in [0.1, 0.15) is 36.3 Å². The molecule has 56 heavy (non-hydrogen) atoms. The van der Waals surface area contributed by atoms with Gasteiger partial charge in [0.15, 0.2) is 6.10 Å². The molecule has 2 heterocycles. The Morgan fingerprint density at radius 2 is 1.32 bits per heavy atom. The Morgan fingerprint density at radius 1 is 0.768 bits per heavy atom. The van der Waals surface area contributed by atoms with Crippen LogP contribution in [-0.2, 0) is 40.0 Å². The van der Waals surface area contributed by atoms with E-state index < -0.39 is 95.5 Å².